The van der Waals surface area contributed by atoms with Crippen LogP contribution in [0.2, 0.25) is 0 Å². The molecule has 1 unspecified atom stereocenters. The Hall–Kier alpha value is -2.99. The molecule has 25 heavy (non-hydrogen) atoms. The van der Waals surface area contributed by atoms with E-state index in [4.69, 9.17) is 0 Å². The van der Waals surface area contributed by atoms with E-state index < -0.39 is 6.10 Å². The van der Waals surface area contributed by atoms with Crippen LogP contribution in [0, 0.1) is 0 Å². The second-order valence-electron chi connectivity index (χ2n) is 5.81. The van der Waals surface area contributed by atoms with Gasteiger partial charge in [-0.25, -0.2) is 4.68 Å². The number of para-hydroxylation sites is 1. The van der Waals surface area contributed by atoms with E-state index in [1.54, 1.807) is 30.2 Å². The SMILES string of the molecule is CC(O)CCNC(=O)c1cn(-c2ccccc2)nc1-c1cccnc1. The predicted molar refractivity (Wildman–Crippen MR) is 95.4 cm³/mol. The third kappa shape index (κ3) is 4.10. The molecule has 3 rings (SSSR count). The number of carbonyl (C=O) groups excluding carboxylic acids is 1. The van der Waals surface area contributed by atoms with Crippen LogP contribution < -0.4 is 5.32 Å². The molecular formula is C19H20N4O2. The monoisotopic (exact) mass is 336 g/mol. The van der Waals surface area contributed by atoms with Crippen LogP contribution in [0.25, 0.3) is 16.9 Å². The molecule has 1 amide bonds. The molecule has 0 bridgehead atoms. The second kappa shape index (κ2) is 7.72. The van der Waals surface area contributed by atoms with Gasteiger partial charge in [-0.1, -0.05) is 18.2 Å². The number of aliphatic hydroxyl groups excluding tert-OH is 1. The summed E-state index contributed by atoms with van der Waals surface area (Å²) in [6.07, 6.45) is 5.13. The average molecular weight is 336 g/mol. The first-order valence-corrected chi connectivity index (χ1v) is 8.17. The Labute approximate surface area is 146 Å². The lowest BCUT2D eigenvalue weighted by molar-refractivity contribution is 0.0946. The number of aliphatic hydroxyl groups is 1. The normalized spacial score (nSPS) is 11.9. The van der Waals surface area contributed by atoms with E-state index in [-0.39, 0.29) is 5.91 Å². The van der Waals surface area contributed by atoms with Crippen LogP contribution in [0.4, 0.5) is 0 Å². The van der Waals surface area contributed by atoms with Crippen molar-refractivity contribution < 1.29 is 9.90 Å². The number of nitrogens with one attached hydrogen (secondary N) is 1. The molecule has 0 spiro atoms. The highest BCUT2D eigenvalue weighted by molar-refractivity contribution is 5.99. The molecule has 2 heterocycles. The zero-order chi connectivity index (χ0) is 17.6. The van der Waals surface area contributed by atoms with Crippen molar-refractivity contribution >= 4 is 5.91 Å². The number of pyridine rings is 1. The minimum absolute atomic E-state index is 0.221. The Kier molecular flexibility index (Phi) is 5.20. The van der Waals surface area contributed by atoms with E-state index in [2.05, 4.69) is 15.4 Å². The number of hydrogen-bond acceptors (Lipinski definition) is 4. The number of hydrogen-bond donors (Lipinski definition) is 2. The van der Waals surface area contributed by atoms with Gasteiger partial charge >= 0.3 is 0 Å². The third-order valence-electron chi connectivity index (χ3n) is 3.76. The van der Waals surface area contributed by atoms with E-state index in [1.165, 1.54) is 0 Å². The number of amides is 1. The van der Waals surface area contributed by atoms with Crippen molar-refractivity contribution in [3.8, 4) is 16.9 Å². The minimum atomic E-state index is -0.454. The highest BCUT2D eigenvalue weighted by atomic mass is 16.3. The van der Waals surface area contributed by atoms with Crippen molar-refractivity contribution in [1.29, 1.82) is 0 Å². The maximum atomic E-state index is 12.6. The van der Waals surface area contributed by atoms with E-state index in [1.807, 2.05) is 42.5 Å². The summed E-state index contributed by atoms with van der Waals surface area (Å²) in [5.74, 6) is -0.221. The molecule has 0 saturated heterocycles. The van der Waals surface area contributed by atoms with Gasteiger partial charge in [0.25, 0.3) is 5.91 Å². The Morgan fingerprint density at radius 2 is 2.04 bits per heavy atom. The molecule has 2 N–H and O–H groups in total. The Morgan fingerprint density at radius 1 is 1.24 bits per heavy atom. The van der Waals surface area contributed by atoms with Gasteiger partial charge in [-0.15, -0.1) is 0 Å². The summed E-state index contributed by atoms with van der Waals surface area (Å²) in [5.41, 5.74) is 2.70. The number of rotatable bonds is 6. The molecular weight excluding hydrogens is 316 g/mol. The summed E-state index contributed by atoms with van der Waals surface area (Å²) in [7, 11) is 0. The van der Waals surface area contributed by atoms with Crippen molar-refractivity contribution in [2.45, 2.75) is 19.4 Å². The summed E-state index contributed by atoms with van der Waals surface area (Å²) < 4.78 is 1.69. The molecule has 1 atom stereocenters. The molecule has 0 aliphatic carbocycles. The summed E-state index contributed by atoms with van der Waals surface area (Å²) in [6, 6.07) is 13.3. The third-order valence-corrected chi connectivity index (χ3v) is 3.76. The molecule has 1 aromatic carbocycles. The zero-order valence-electron chi connectivity index (χ0n) is 14.0. The van der Waals surface area contributed by atoms with Gasteiger partial charge < -0.3 is 10.4 Å². The number of benzene rings is 1. The highest BCUT2D eigenvalue weighted by Gasteiger charge is 2.18. The van der Waals surface area contributed by atoms with Crippen molar-refractivity contribution in [3.63, 3.8) is 0 Å². The average Bonchev–Trinajstić information content (AvgIpc) is 3.08. The molecule has 0 radical (unpaired) electrons. The molecule has 0 aliphatic heterocycles. The summed E-state index contributed by atoms with van der Waals surface area (Å²) in [4.78, 5) is 16.7. The fourth-order valence-electron chi connectivity index (χ4n) is 2.46. The molecule has 128 valence electrons. The van der Waals surface area contributed by atoms with E-state index in [0.29, 0.717) is 24.2 Å². The lowest BCUT2D eigenvalue weighted by atomic mass is 10.1. The Balaban J connectivity index is 1.95. The standard InChI is InChI=1S/C19H20N4O2/c1-14(24)9-11-21-19(25)17-13-23(16-7-3-2-4-8-16)22-18(17)15-6-5-10-20-12-15/h2-8,10,12-14,24H,9,11H2,1H3,(H,21,25). The fraction of sp³-hybridized carbons (Fsp3) is 0.211. The molecule has 6 heteroatoms. The van der Waals surface area contributed by atoms with Crippen molar-refractivity contribution in [3.05, 3.63) is 66.6 Å². The first-order valence-electron chi connectivity index (χ1n) is 8.17. The van der Waals surface area contributed by atoms with E-state index in [9.17, 15) is 9.90 Å². The van der Waals surface area contributed by atoms with Gasteiger partial charge in [0.15, 0.2) is 0 Å². The fourth-order valence-corrected chi connectivity index (χ4v) is 2.46. The molecule has 0 saturated carbocycles. The zero-order valence-corrected chi connectivity index (χ0v) is 14.0. The summed E-state index contributed by atoms with van der Waals surface area (Å²) >= 11 is 0. The van der Waals surface area contributed by atoms with Crippen LogP contribution in [0.1, 0.15) is 23.7 Å². The largest absolute Gasteiger partial charge is 0.393 e. The summed E-state index contributed by atoms with van der Waals surface area (Å²) in [6.45, 7) is 2.10. The number of carbonyl (C=O) groups is 1. The van der Waals surface area contributed by atoms with Crippen LogP contribution in [-0.4, -0.2) is 38.4 Å². The van der Waals surface area contributed by atoms with E-state index >= 15 is 0 Å². The lowest BCUT2D eigenvalue weighted by Crippen LogP contribution is -2.26. The quantitative estimate of drug-likeness (QED) is 0.724. The van der Waals surface area contributed by atoms with Crippen LogP contribution in [0.15, 0.2) is 61.1 Å². The molecule has 0 aliphatic rings. The first-order chi connectivity index (χ1) is 12.1. The van der Waals surface area contributed by atoms with Gasteiger partial charge in [-0.3, -0.25) is 9.78 Å². The van der Waals surface area contributed by atoms with Crippen LogP contribution in [0.5, 0.6) is 0 Å². The molecule has 2 aromatic heterocycles. The van der Waals surface area contributed by atoms with Gasteiger partial charge in [-0.2, -0.15) is 5.10 Å². The van der Waals surface area contributed by atoms with Gasteiger partial charge in [0, 0.05) is 30.7 Å². The van der Waals surface area contributed by atoms with Gasteiger partial charge in [0.2, 0.25) is 0 Å². The Bertz CT molecular complexity index is 829. The Morgan fingerprint density at radius 3 is 2.72 bits per heavy atom. The highest BCUT2D eigenvalue weighted by Crippen LogP contribution is 2.23. The van der Waals surface area contributed by atoms with Gasteiger partial charge in [-0.05, 0) is 37.6 Å². The number of aromatic nitrogens is 3. The second-order valence-corrected chi connectivity index (χ2v) is 5.81. The van der Waals surface area contributed by atoms with Crippen molar-refractivity contribution in [2.24, 2.45) is 0 Å². The molecule has 6 nitrogen and oxygen atoms in total. The molecule has 0 fully saturated rings. The number of nitrogens with zero attached hydrogens (tertiary/aromatic N) is 3. The first kappa shape index (κ1) is 16.9. The summed E-state index contributed by atoms with van der Waals surface area (Å²) in [5, 5.41) is 16.8. The lowest BCUT2D eigenvalue weighted by Gasteiger charge is -2.06. The smallest absolute Gasteiger partial charge is 0.255 e. The van der Waals surface area contributed by atoms with Crippen LogP contribution >= 0.6 is 0 Å². The van der Waals surface area contributed by atoms with Gasteiger partial charge in [0.1, 0.15) is 5.69 Å². The maximum absolute atomic E-state index is 12.6. The van der Waals surface area contributed by atoms with Crippen molar-refractivity contribution in [1.82, 2.24) is 20.1 Å². The van der Waals surface area contributed by atoms with E-state index in [0.717, 1.165) is 11.3 Å². The minimum Gasteiger partial charge on any atom is -0.393 e. The van der Waals surface area contributed by atoms with Crippen LogP contribution in [0.3, 0.4) is 0 Å². The maximum Gasteiger partial charge on any atom is 0.255 e. The predicted octanol–water partition coefficient (Wildman–Crippen LogP) is 2.44. The van der Waals surface area contributed by atoms with Gasteiger partial charge in [0.05, 0.1) is 17.4 Å². The van der Waals surface area contributed by atoms with Crippen LogP contribution in [-0.2, 0) is 0 Å². The van der Waals surface area contributed by atoms with Crippen molar-refractivity contribution in [2.75, 3.05) is 6.54 Å². The topological polar surface area (TPSA) is 80.0 Å². The molecule has 3 aromatic rings.